The number of thiazole rings is 1. The summed E-state index contributed by atoms with van der Waals surface area (Å²) in [5.41, 5.74) is 2.29. The van der Waals surface area contributed by atoms with Gasteiger partial charge < -0.3 is 15.7 Å². The van der Waals surface area contributed by atoms with Gasteiger partial charge in [-0.15, -0.1) is 0 Å². The Labute approximate surface area is 229 Å². The fourth-order valence-corrected chi connectivity index (χ4v) is 7.19. The topological polar surface area (TPSA) is 137 Å². The number of carboxylic acids is 1. The maximum atomic E-state index is 13.2. The van der Waals surface area contributed by atoms with Crippen LogP contribution in [0.2, 0.25) is 0 Å². The summed E-state index contributed by atoms with van der Waals surface area (Å²) in [4.78, 5) is 27.1. The quantitative estimate of drug-likeness (QED) is 0.386. The molecule has 216 valence electrons. The van der Waals surface area contributed by atoms with Crippen LogP contribution in [0.1, 0.15) is 56.7 Å². The first-order valence-corrected chi connectivity index (χ1v) is 14.9. The van der Waals surface area contributed by atoms with Crippen molar-refractivity contribution >= 4 is 38.4 Å². The van der Waals surface area contributed by atoms with E-state index in [9.17, 15) is 26.4 Å². The number of amides is 1. The molecule has 2 aromatic rings. The summed E-state index contributed by atoms with van der Waals surface area (Å²) in [6.45, 7) is 6.58. The van der Waals surface area contributed by atoms with Gasteiger partial charge in [0, 0.05) is 18.0 Å². The Morgan fingerprint density at radius 3 is 2.38 bits per heavy atom. The molecule has 0 spiro atoms. The number of alkyl halides is 3. The average Bonchev–Trinajstić information content (AvgIpc) is 3.49. The number of aromatic nitrogens is 1. The fraction of sp³-hybridized carbons (Fsp3) is 0.560. The molecule has 0 bridgehead atoms. The summed E-state index contributed by atoms with van der Waals surface area (Å²) in [5, 5.41) is 14.0. The number of carbonyl (C=O) groups is 2. The molecular formula is C25H33F3N4O5S2. The fourth-order valence-electron chi connectivity index (χ4n) is 4.67. The number of hydrogen-bond donors (Lipinski definition) is 4. The molecule has 2 fully saturated rings. The largest absolute Gasteiger partial charge is 0.490 e. The van der Waals surface area contributed by atoms with Gasteiger partial charge in [-0.05, 0) is 70.2 Å². The van der Waals surface area contributed by atoms with Crippen LogP contribution in [-0.2, 0) is 19.6 Å². The summed E-state index contributed by atoms with van der Waals surface area (Å²) in [6, 6.07) is 5.71. The Bertz CT molecular complexity index is 1290. The molecule has 14 heteroatoms. The number of aryl methyl sites for hydroxylation is 2. The molecule has 1 amide bonds. The highest BCUT2D eigenvalue weighted by atomic mass is 32.2. The average molecular weight is 591 g/mol. The van der Waals surface area contributed by atoms with Crippen molar-refractivity contribution in [3.8, 4) is 10.4 Å². The molecule has 2 heterocycles. The van der Waals surface area contributed by atoms with E-state index >= 15 is 0 Å². The van der Waals surface area contributed by atoms with Crippen LogP contribution in [0, 0.1) is 19.8 Å². The Kier molecular flexibility index (Phi) is 10.1. The number of rotatable bonds is 6. The number of carboxylic acid groups (broad SMARTS) is 1. The van der Waals surface area contributed by atoms with Crippen LogP contribution in [0.3, 0.4) is 0 Å². The van der Waals surface area contributed by atoms with Crippen molar-refractivity contribution in [2.24, 2.45) is 5.92 Å². The second-order valence-corrected chi connectivity index (χ2v) is 12.6. The Hall–Kier alpha value is -2.55. The summed E-state index contributed by atoms with van der Waals surface area (Å²) < 4.78 is 61.0. The molecule has 0 radical (unpaired) electrons. The second-order valence-electron chi connectivity index (χ2n) is 9.89. The minimum Gasteiger partial charge on any atom is -0.475 e. The zero-order chi connectivity index (χ0) is 29.0. The lowest BCUT2D eigenvalue weighted by Crippen LogP contribution is -2.46. The molecule has 1 aromatic heterocycles. The van der Waals surface area contributed by atoms with E-state index in [1.807, 2.05) is 26.0 Å². The van der Waals surface area contributed by atoms with Gasteiger partial charge in [0.15, 0.2) is 5.13 Å². The first-order chi connectivity index (χ1) is 18.2. The number of piperidine rings is 1. The van der Waals surface area contributed by atoms with Gasteiger partial charge in [0.25, 0.3) is 0 Å². The number of nitrogens with zero attached hydrogens (tertiary/aromatic N) is 1. The monoisotopic (exact) mass is 590 g/mol. The van der Waals surface area contributed by atoms with Gasteiger partial charge in [-0.2, -0.15) is 13.2 Å². The van der Waals surface area contributed by atoms with Crippen LogP contribution < -0.4 is 15.4 Å². The second kappa shape index (κ2) is 12.7. The van der Waals surface area contributed by atoms with Gasteiger partial charge in [0.2, 0.25) is 15.9 Å². The lowest BCUT2D eigenvalue weighted by molar-refractivity contribution is -0.192. The Morgan fingerprint density at radius 2 is 1.79 bits per heavy atom. The smallest absolute Gasteiger partial charge is 0.475 e. The van der Waals surface area contributed by atoms with Gasteiger partial charge in [0.05, 0.1) is 15.5 Å². The normalized spacial score (nSPS) is 20.3. The van der Waals surface area contributed by atoms with Crippen molar-refractivity contribution in [2.45, 2.75) is 82.5 Å². The number of sulfonamides is 1. The van der Waals surface area contributed by atoms with E-state index in [1.165, 1.54) is 11.3 Å². The first kappa shape index (κ1) is 31.0. The van der Waals surface area contributed by atoms with Crippen LogP contribution in [0.5, 0.6) is 0 Å². The third-order valence-electron chi connectivity index (χ3n) is 6.68. The number of aliphatic carboxylic acids is 1. The van der Waals surface area contributed by atoms with Gasteiger partial charge >= 0.3 is 12.1 Å². The van der Waals surface area contributed by atoms with Crippen LogP contribution in [-0.4, -0.2) is 55.2 Å². The van der Waals surface area contributed by atoms with Crippen LogP contribution in [0.15, 0.2) is 23.1 Å². The molecule has 4 N–H and O–H groups in total. The molecule has 39 heavy (non-hydrogen) atoms. The summed E-state index contributed by atoms with van der Waals surface area (Å²) in [6.07, 6.45) is 0.544. The van der Waals surface area contributed by atoms with Crippen molar-refractivity contribution in [3.63, 3.8) is 0 Å². The van der Waals surface area contributed by atoms with Crippen molar-refractivity contribution in [2.75, 3.05) is 11.9 Å². The standard InChI is InChI=1S/C23H32N4O3S2.C2HF3O2/c1-14-8-9-18(13-20(14)32(29,30)27-19-10-11-24-15(2)12-19)21-16(3)25-23(31-21)26-22(28)17-6-4-5-7-17;3-2(4,5)1(6)7/h8-9,13,15,17,19,24,27H,4-7,10-12H2,1-3H3,(H,25,26,28);(H,6,7). The number of benzene rings is 1. The third-order valence-corrected chi connectivity index (χ3v) is 9.46. The Balaban J connectivity index is 0.000000532. The molecule has 2 atom stereocenters. The molecule has 4 rings (SSSR count). The molecule has 1 saturated heterocycles. The third kappa shape index (κ3) is 8.47. The van der Waals surface area contributed by atoms with E-state index in [2.05, 4.69) is 27.3 Å². The molecule has 1 aromatic carbocycles. The lowest BCUT2D eigenvalue weighted by Gasteiger charge is -2.28. The zero-order valence-corrected chi connectivity index (χ0v) is 23.5. The molecule has 2 aliphatic rings. The summed E-state index contributed by atoms with van der Waals surface area (Å²) in [5.74, 6) is -2.65. The Morgan fingerprint density at radius 1 is 1.15 bits per heavy atom. The first-order valence-electron chi connectivity index (χ1n) is 12.6. The number of carbonyl (C=O) groups excluding carboxylic acids is 1. The van der Waals surface area contributed by atoms with Crippen LogP contribution >= 0.6 is 11.3 Å². The molecule has 2 unspecified atom stereocenters. The van der Waals surface area contributed by atoms with Crippen molar-refractivity contribution < 1.29 is 36.3 Å². The summed E-state index contributed by atoms with van der Waals surface area (Å²) >= 11 is 1.39. The summed E-state index contributed by atoms with van der Waals surface area (Å²) in [7, 11) is -3.64. The molecule has 1 aliphatic heterocycles. The maximum Gasteiger partial charge on any atom is 0.490 e. The zero-order valence-electron chi connectivity index (χ0n) is 21.9. The van der Waals surface area contributed by atoms with Crippen LogP contribution in [0.4, 0.5) is 18.3 Å². The maximum absolute atomic E-state index is 13.2. The SMILES string of the molecule is Cc1ccc(-c2sc(NC(=O)C3CCCC3)nc2C)cc1S(=O)(=O)NC1CCNC(C)C1.O=C(O)C(F)(F)F. The lowest BCUT2D eigenvalue weighted by atomic mass is 10.0. The number of nitrogens with one attached hydrogen (secondary N) is 3. The van der Waals surface area contributed by atoms with Gasteiger partial charge in [-0.25, -0.2) is 22.9 Å². The van der Waals surface area contributed by atoms with E-state index < -0.39 is 22.2 Å². The number of halogens is 3. The van der Waals surface area contributed by atoms with E-state index in [4.69, 9.17) is 9.90 Å². The van der Waals surface area contributed by atoms with Crippen molar-refractivity contribution in [1.29, 1.82) is 0 Å². The highest BCUT2D eigenvalue weighted by Gasteiger charge is 2.38. The molecule has 9 nitrogen and oxygen atoms in total. The predicted octanol–water partition coefficient (Wildman–Crippen LogP) is 4.61. The minimum atomic E-state index is -5.08. The molecule has 1 saturated carbocycles. The van der Waals surface area contributed by atoms with Crippen molar-refractivity contribution in [3.05, 3.63) is 29.5 Å². The predicted molar refractivity (Wildman–Crippen MR) is 142 cm³/mol. The minimum absolute atomic E-state index is 0.0374. The molecule has 1 aliphatic carbocycles. The number of anilines is 1. The molecular weight excluding hydrogens is 557 g/mol. The van der Waals surface area contributed by atoms with Crippen molar-refractivity contribution in [1.82, 2.24) is 15.0 Å². The van der Waals surface area contributed by atoms with Gasteiger partial charge in [0.1, 0.15) is 0 Å². The number of hydrogen-bond acceptors (Lipinski definition) is 7. The van der Waals surface area contributed by atoms with E-state index in [1.54, 1.807) is 6.07 Å². The van der Waals surface area contributed by atoms with Gasteiger partial charge in [-0.3, -0.25) is 4.79 Å². The highest BCUT2D eigenvalue weighted by molar-refractivity contribution is 7.89. The van der Waals surface area contributed by atoms with E-state index in [0.29, 0.717) is 21.6 Å². The van der Waals surface area contributed by atoms with E-state index in [-0.39, 0.29) is 17.9 Å². The van der Waals surface area contributed by atoms with E-state index in [0.717, 1.165) is 61.2 Å². The van der Waals surface area contributed by atoms with Gasteiger partial charge in [-0.1, -0.05) is 36.3 Å². The highest BCUT2D eigenvalue weighted by Crippen LogP contribution is 2.35. The van der Waals surface area contributed by atoms with Crippen LogP contribution in [0.25, 0.3) is 10.4 Å².